The second-order valence-corrected chi connectivity index (χ2v) is 6.14. The van der Waals surface area contributed by atoms with E-state index < -0.39 is 4.92 Å². The Balaban J connectivity index is 1.39. The van der Waals surface area contributed by atoms with E-state index in [9.17, 15) is 24.5 Å². The third-order valence-electron chi connectivity index (χ3n) is 4.30. The number of imide groups is 1. The van der Waals surface area contributed by atoms with Crippen molar-refractivity contribution in [2.75, 3.05) is 25.0 Å². The Bertz CT molecular complexity index is 891. The summed E-state index contributed by atoms with van der Waals surface area (Å²) in [5.41, 5.74) is 1.43. The Morgan fingerprint density at radius 3 is 2.14 bits per heavy atom. The van der Waals surface area contributed by atoms with E-state index in [0.29, 0.717) is 29.9 Å². The lowest BCUT2D eigenvalue weighted by Crippen LogP contribution is -2.35. The molecule has 0 aliphatic carbocycles. The average molecular weight is 382 g/mol. The van der Waals surface area contributed by atoms with Gasteiger partial charge < -0.3 is 10.6 Å². The van der Waals surface area contributed by atoms with Crippen LogP contribution in [0.4, 0.5) is 11.4 Å². The summed E-state index contributed by atoms with van der Waals surface area (Å²) in [5.74, 6) is -1.04. The fourth-order valence-electron chi connectivity index (χ4n) is 2.85. The first-order chi connectivity index (χ1) is 13.5. The molecule has 28 heavy (non-hydrogen) atoms. The van der Waals surface area contributed by atoms with Crippen LogP contribution in [0.5, 0.6) is 0 Å². The zero-order chi connectivity index (χ0) is 20.1. The van der Waals surface area contributed by atoms with Gasteiger partial charge >= 0.3 is 0 Å². The number of non-ortho nitro benzene ring substituents is 1. The van der Waals surface area contributed by atoms with Gasteiger partial charge in [-0.25, -0.2) is 0 Å². The summed E-state index contributed by atoms with van der Waals surface area (Å²) in [5, 5.41) is 16.3. The maximum absolute atomic E-state index is 12.2. The molecule has 0 saturated carbocycles. The van der Waals surface area contributed by atoms with Gasteiger partial charge in [0.05, 0.1) is 16.1 Å². The average Bonchev–Trinajstić information content (AvgIpc) is 2.94. The lowest BCUT2D eigenvalue weighted by atomic mass is 10.1. The van der Waals surface area contributed by atoms with Gasteiger partial charge in [0, 0.05) is 43.9 Å². The molecule has 0 spiro atoms. The highest BCUT2D eigenvalue weighted by atomic mass is 16.6. The van der Waals surface area contributed by atoms with Crippen LogP contribution in [0.1, 0.15) is 27.1 Å². The lowest BCUT2D eigenvalue weighted by Gasteiger charge is -2.13. The van der Waals surface area contributed by atoms with Crippen molar-refractivity contribution >= 4 is 29.1 Å². The van der Waals surface area contributed by atoms with Crippen molar-refractivity contribution < 1.29 is 19.3 Å². The summed E-state index contributed by atoms with van der Waals surface area (Å²) < 4.78 is 0. The van der Waals surface area contributed by atoms with E-state index in [1.165, 1.54) is 12.1 Å². The van der Waals surface area contributed by atoms with Gasteiger partial charge in [0.1, 0.15) is 0 Å². The van der Waals surface area contributed by atoms with Gasteiger partial charge in [0.2, 0.25) is 5.91 Å². The van der Waals surface area contributed by atoms with Gasteiger partial charge in [-0.15, -0.1) is 0 Å². The molecule has 0 fully saturated rings. The Morgan fingerprint density at radius 2 is 1.57 bits per heavy atom. The van der Waals surface area contributed by atoms with Crippen LogP contribution in [-0.4, -0.2) is 47.2 Å². The van der Waals surface area contributed by atoms with Gasteiger partial charge in [-0.1, -0.05) is 12.1 Å². The highest BCUT2D eigenvalue weighted by molar-refractivity contribution is 6.21. The number of nitro groups is 1. The first kappa shape index (κ1) is 19.0. The minimum atomic E-state index is -0.474. The fourth-order valence-corrected chi connectivity index (χ4v) is 2.85. The number of amides is 3. The van der Waals surface area contributed by atoms with E-state index in [1.807, 2.05) is 0 Å². The normalized spacial score (nSPS) is 12.6. The Morgan fingerprint density at radius 1 is 0.964 bits per heavy atom. The van der Waals surface area contributed by atoms with Crippen molar-refractivity contribution in [1.29, 1.82) is 0 Å². The molecule has 2 aromatic rings. The molecular weight excluding hydrogens is 364 g/mol. The van der Waals surface area contributed by atoms with E-state index >= 15 is 0 Å². The lowest BCUT2D eigenvalue weighted by molar-refractivity contribution is -0.384. The first-order valence-electron chi connectivity index (χ1n) is 8.67. The molecule has 2 N–H and O–H groups in total. The molecular formula is C19H18N4O5. The summed E-state index contributed by atoms with van der Waals surface area (Å²) in [4.78, 5) is 47.6. The summed E-state index contributed by atoms with van der Waals surface area (Å²) >= 11 is 0. The monoisotopic (exact) mass is 382 g/mol. The molecule has 144 valence electrons. The SMILES string of the molecule is O=C(CCN1C(=O)c2ccccc2C1=O)NCCNc1ccc([N+](=O)[O-])cc1. The number of nitrogens with one attached hydrogen (secondary N) is 2. The van der Waals surface area contributed by atoms with Gasteiger partial charge in [0.25, 0.3) is 17.5 Å². The summed E-state index contributed by atoms with van der Waals surface area (Å²) in [6.07, 6.45) is 0.0169. The highest BCUT2D eigenvalue weighted by Crippen LogP contribution is 2.22. The first-order valence-corrected chi connectivity index (χ1v) is 8.67. The van der Waals surface area contributed by atoms with Crippen LogP contribution in [0.15, 0.2) is 48.5 Å². The number of hydrogen-bond donors (Lipinski definition) is 2. The van der Waals surface area contributed by atoms with Crippen molar-refractivity contribution in [3.05, 3.63) is 69.8 Å². The van der Waals surface area contributed by atoms with Crippen LogP contribution in [0.25, 0.3) is 0 Å². The minimum absolute atomic E-state index is 0.00649. The standard InChI is InChI=1S/C19H18N4O5/c24-17(21-11-10-20-13-5-7-14(8-6-13)23(27)28)9-12-22-18(25)15-3-1-2-4-16(15)19(22)26/h1-8,20H,9-12H2,(H,21,24). The quantitative estimate of drug-likeness (QED) is 0.311. The molecule has 0 radical (unpaired) electrons. The molecule has 0 saturated heterocycles. The van der Waals surface area contributed by atoms with Crippen molar-refractivity contribution in [2.24, 2.45) is 0 Å². The maximum atomic E-state index is 12.2. The number of nitro benzene ring substituents is 1. The van der Waals surface area contributed by atoms with Gasteiger partial charge in [-0.3, -0.25) is 29.4 Å². The summed E-state index contributed by atoms with van der Waals surface area (Å²) in [6, 6.07) is 12.5. The van der Waals surface area contributed by atoms with Crippen LogP contribution in [-0.2, 0) is 4.79 Å². The molecule has 3 amide bonds. The second kappa shape index (κ2) is 8.30. The smallest absolute Gasteiger partial charge is 0.269 e. The second-order valence-electron chi connectivity index (χ2n) is 6.14. The minimum Gasteiger partial charge on any atom is -0.383 e. The number of rotatable bonds is 8. The number of anilines is 1. The third-order valence-corrected chi connectivity index (χ3v) is 4.30. The molecule has 9 heteroatoms. The van der Waals surface area contributed by atoms with Crippen molar-refractivity contribution in [3.63, 3.8) is 0 Å². The topological polar surface area (TPSA) is 122 Å². The number of fused-ring (bicyclic) bond motifs is 1. The van der Waals surface area contributed by atoms with Crippen molar-refractivity contribution in [1.82, 2.24) is 10.2 Å². The largest absolute Gasteiger partial charge is 0.383 e. The number of carbonyl (C=O) groups is 3. The predicted molar refractivity (Wildman–Crippen MR) is 101 cm³/mol. The number of benzene rings is 2. The van der Waals surface area contributed by atoms with Crippen molar-refractivity contribution in [2.45, 2.75) is 6.42 Å². The molecule has 1 aliphatic heterocycles. The Hall–Kier alpha value is -3.75. The van der Waals surface area contributed by atoms with Crippen LogP contribution in [0.3, 0.4) is 0 Å². The maximum Gasteiger partial charge on any atom is 0.269 e. The molecule has 2 aromatic carbocycles. The number of hydrogen-bond acceptors (Lipinski definition) is 6. The van der Waals surface area contributed by atoms with E-state index in [-0.39, 0.29) is 36.4 Å². The Kier molecular flexibility index (Phi) is 5.64. The van der Waals surface area contributed by atoms with Gasteiger partial charge in [0.15, 0.2) is 0 Å². The molecule has 3 rings (SSSR count). The third kappa shape index (κ3) is 4.14. The molecule has 0 atom stereocenters. The van der Waals surface area contributed by atoms with Crippen molar-refractivity contribution in [3.8, 4) is 0 Å². The molecule has 0 bridgehead atoms. The van der Waals surface area contributed by atoms with E-state index in [2.05, 4.69) is 10.6 Å². The number of carbonyl (C=O) groups excluding carboxylic acids is 3. The van der Waals surface area contributed by atoms with E-state index in [0.717, 1.165) is 4.90 Å². The van der Waals surface area contributed by atoms with Gasteiger partial charge in [-0.2, -0.15) is 0 Å². The van der Waals surface area contributed by atoms with Gasteiger partial charge in [-0.05, 0) is 24.3 Å². The summed E-state index contributed by atoms with van der Waals surface area (Å²) in [6.45, 7) is 0.780. The van der Waals surface area contributed by atoms with Crippen LogP contribution in [0.2, 0.25) is 0 Å². The van der Waals surface area contributed by atoms with Crippen LogP contribution in [0, 0.1) is 10.1 Å². The van der Waals surface area contributed by atoms with Crippen LogP contribution >= 0.6 is 0 Å². The predicted octanol–water partition coefficient (Wildman–Crippen LogP) is 1.81. The molecule has 9 nitrogen and oxygen atoms in total. The molecule has 0 unspecified atom stereocenters. The zero-order valence-corrected chi connectivity index (χ0v) is 14.9. The fraction of sp³-hybridized carbons (Fsp3) is 0.211. The molecule has 0 aromatic heterocycles. The van der Waals surface area contributed by atoms with Crippen LogP contribution < -0.4 is 10.6 Å². The Labute approximate surface area is 160 Å². The highest BCUT2D eigenvalue weighted by Gasteiger charge is 2.34. The van der Waals surface area contributed by atoms with E-state index in [4.69, 9.17) is 0 Å². The number of nitrogens with zero attached hydrogens (tertiary/aromatic N) is 2. The zero-order valence-electron chi connectivity index (χ0n) is 14.9. The molecule has 1 heterocycles. The summed E-state index contributed by atoms with van der Waals surface area (Å²) in [7, 11) is 0. The van der Waals surface area contributed by atoms with E-state index in [1.54, 1.807) is 36.4 Å². The molecule has 1 aliphatic rings.